The Bertz CT molecular complexity index is 827. The van der Waals surface area contributed by atoms with Crippen molar-refractivity contribution in [3.8, 4) is 17.2 Å². The van der Waals surface area contributed by atoms with Crippen LogP contribution in [0.2, 0.25) is 0 Å². The molecular formula is C27H40ClN3O3. The SMILES string of the molecule is CN(C)Cc1ccccc1O.CN(C)Cc1ccccc1O.CN(C)Cc1ccccc1O.Cl. The molecule has 0 saturated heterocycles. The van der Waals surface area contributed by atoms with Gasteiger partial charge in [-0.2, -0.15) is 0 Å². The zero-order valence-corrected chi connectivity index (χ0v) is 22.0. The fraction of sp³-hybridized carbons (Fsp3) is 0.333. The van der Waals surface area contributed by atoms with Gasteiger partial charge in [0.25, 0.3) is 0 Å². The fourth-order valence-electron chi connectivity index (χ4n) is 2.96. The summed E-state index contributed by atoms with van der Waals surface area (Å²) >= 11 is 0. The summed E-state index contributed by atoms with van der Waals surface area (Å²) < 4.78 is 0. The molecule has 3 aromatic carbocycles. The lowest BCUT2D eigenvalue weighted by atomic mass is 10.2. The Morgan fingerprint density at radius 2 is 0.647 bits per heavy atom. The molecule has 3 rings (SSSR count). The summed E-state index contributed by atoms with van der Waals surface area (Å²) in [5.74, 6) is 1.13. The first-order chi connectivity index (χ1) is 15.6. The molecule has 7 heteroatoms. The minimum Gasteiger partial charge on any atom is -0.508 e. The third kappa shape index (κ3) is 13.1. The van der Waals surface area contributed by atoms with Gasteiger partial charge in [0.05, 0.1) is 0 Å². The highest BCUT2D eigenvalue weighted by atomic mass is 35.5. The second-order valence-electron chi connectivity index (χ2n) is 8.60. The molecule has 0 bridgehead atoms. The Labute approximate surface area is 211 Å². The Morgan fingerprint density at radius 3 is 0.824 bits per heavy atom. The molecule has 0 heterocycles. The number of phenolic OH excluding ortho intramolecular Hbond substituents is 3. The van der Waals surface area contributed by atoms with E-state index in [9.17, 15) is 15.3 Å². The topological polar surface area (TPSA) is 70.4 Å². The fourth-order valence-corrected chi connectivity index (χ4v) is 2.96. The summed E-state index contributed by atoms with van der Waals surface area (Å²) in [4.78, 5) is 6.07. The van der Waals surface area contributed by atoms with Gasteiger partial charge in [-0.3, -0.25) is 0 Å². The molecule has 0 aliphatic heterocycles. The maximum absolute atomic E-state index is 9.33. The lowest BCUT2D eigenvalue weighted by molar-refractivity contribution is 0.386. The van der Waals surface area contributed by atoms with E-state index < -0.39 is 0 Å². The number of phenols is 3. The number of nitrogens with zero attached hydrogens (tertiary/aromatic N) is 3. The second kappa shape index (κ2) is 16.8. The lowest BCUT2D eigenvalue weighted by Gasteiger charge is -2.10. The summed E-state index contributed by atoms with van der Waals surface area (Å²) in [5.41, 5.74) is 2.91. The van der Waals surface area contributed by atoms with Gasteiger partial charge in [-0.1, -0.05) is 54.6 Å². The van der Waals surface area contributed by atoms with Crippen molar-refractivity contribution in [1.29, 1.82) is 0 Å². The maximum atomic E-state index is 9.33. The van der Waals surface area contributed by atoms with Gasteiger partial charge < -0.3 is 30.0 Å². The Balaban J connectivity index is 0.000000473. The van der Waals surface area contributed by atoms with Crippen LogP contribution in [0.1, 0.15) is 16.7 Å². The van der Waals surface area contributed by atoms with Gasteiger partial charge >= 0.3 is 0 Å². The van der Waals surface area contributed by atoms with E-state index >= 15 is 0 Å². The van der Waals surface area contributed by atoms with Crippen molar-refractivity contribution in [2.75, 3.05) is 42.3 Å². The first kappa shape index (κ1) is 31.2. The standard InChI is InChI=1S/3C9H13NO.ClH/c3*1-10(2)7-8-5-3-4-6-9(8)11;/h3*3-6,11H,7H2,1-2H3;1H. The number of hydrogen-bond donors (Lipinski definition) is 3. The second-order valence-corrected chi connectivity index (χ2v) is 8.60. The third-order valence-electron chi connectivity index (χ3n) is 4.43. The molecule has 0 aliphatic rings. The molecule has 0 aliphatic carbocycles. The number of hydrogen-bond acceptors (Lipinski definition) is 6. The normalized spacial score (nSPS) is 10.1. The van der Waals surface area contributed by atoms with E-state index in [1.54, 1.807) is 18.2 Å². The van der Waals surface area contributed by atoms with Crippen molar-refractivity contribution in [2.45, 2.75) is 19.6 Å². The van der Waals surface area contributed by atoms with Crippen LogP contribution in [0.4, 0.5) is 0 Å². The number of rotatable bonds is 6. The van der Waals surface area contributed by atoms with Crippen molar-refractivity contribution in [3.05, 3.63) is 89.5 Å². The third-order valence-corrected chi connectivity index (χ3v) is 4.43. The zero-order chi connectivity index (χ0) is 24.8. The highest BCUT2D eigenvalue weighted by molar-refractivity contribution is 5.85. The minimum atomic E-state index is 0. The van der Waals surface area contributed by atoms with Crippen molar-refractivity contribution < 1.29 is 15.3 Å². The van der Waals surface area contributed by atoms with Crippen molar-refractivity contribution in [2.24, 2.45) is 0 Å². The van der Waals surface area contributed by atoms with Crippen molar-refractivity contribution in [1.82, 2.24) is 14.7 Å². The van der Waals surface area contributed by atoms with Crippen LogP contribution in [0.5, 0.6) is 17.2 Å². The van der Waals surface area contributed by atoms with E-state index in [1.807, 2.05) is 112 Å². The predicted octanol–water partition coefficient (Wildman–Crippen LogP) is 4.78. The summed E-state index contributed by atoms with van der Waals surface area (Å²) in [7, 11) is 11.9. The average molecular weight is 490 g/mol. The summed E-state index contributed by atoms with van der Waals surface area (Å²) in [6.45, 7) is 2.35. The monoisotopic (exact) mass is 489 g/mol. The molecule has 0 unspecified atom stereocenters. The van der Waals surface area contributed by atoms with E-state index in [4.69, 9.17) is 0 Å². The average Bonchev–Trinajstić information content (AvgIpc) is 2.73. The van der Waals surface area contributed by atoms with Crippen LogP contribution in [0.25, 0.3) is 0 Å². The number of halogens is 1. The molecule has 3 N–H and O–H groups in total. The minimum absolute atomic E-state index is 0. The molecule has 0 spiro atoms. The summed E-state index contributed by atoms with van der Waals surface area (Å²) in [6.07, 6.45) is 0. The van der Waals surface area contributed by atoms with Gasteiger partial charge in [-0.25, -0.2) is 0 Å². The van der Waals surface area contributed by atoms with E-state index in [1.165, 1.54) is 0 Å². The van der Waals surface area contributed by atoms with Crippen LogP contribution in [0.3, 0.4) is 0 Å². The van der Waals surface area contributed by atoms with Gasteiger partial charge in [0, 0.05) is 36.3 Å². The quantitative estimate of drug-likeness (QED) is 0.462. The van der Waals surface area contributed by atoms with E-state index in [0.717, 1.165) is 36.3 Å². The molecule has 0 fully saturated rings. The molecular weight excluding hydrogens is 450 g/mol. The summed E-state index contributed by atoms with van der Waals surface area (Å²) in [6, 6.07) is 22.2. The smallest absolute Gasteiger partial charge is 0.120 e. The van der Waals surface area contributed by atoms with Crippen LogP contribution in [0.15, 0.2) is 72.8 Å². The van der Waals surface area contributed by atoms with E-state index in [0.29, 0.717) is 17.2 Å². The van der Waals surface area contributed by atoms with Gasteiger partial charge in [0.1, 0.15) is 17.2 Å². The molecule has 3 aromatic rings. The predicted molar refractivity (Wildman–Crippen MR) is 144 cm³/mol. The Kier molecular flexibility index (Phi) is 15.4. The molecule has 0 amide bonds. The highest BCUT2D eigenvalue weighted by Gasteiger charge is 2.00. The Morgan fingerprint density at radius 1 is 0.441 bits per heavy atom. The Hall–Kier alpha value is -2.77. The first-order valence-corrected chi connectivity index (χ1v) is 10.8. The largest absolute Gasteiger partial charge is 0.508 e. The van der Waals surface area contributed by atoms with Gasteiger partial charge in [0.2, 0.25) is 0 Å². The van der Waals surface area contributed by atoms with Crippen LogP contribution >= 0.6 is 12.4 Å². The van der Waals surface area contributed by atoms with Crippen LogP contribution in [-0.4, -0.2) is 72.3 Å². The molecule has 0 aromatic heterocycles. The number of benzene rings is 3. The van der Waals surface area contributed by atoms with Crippen LogP contribution in [0, 0.1) is 0 Å². The van der Waals surface area contributed by atoms with Crippen molar-refractivity contribution in [3.63, 3.8) is 0 Å². The summed E-state index contributed by atoms with van der Waals surface area (Å²) in [5, 5.41) is 28.0. The molecule has 0 atom stereocenters. The highest BCUT2D eigenvalue weighted by Crippen LogP contribution is 2.17. The van der Waals surface area contributed by atoms with Gasteiger partial charge in [0.15, 0.2) is 0 Å². The molecule has 0 saturated carbocycles. The van der Waals surface area contributed by atoms with Gasteiger partial charge in [-0.05, 0) is 60.5 Å². The number of aromatic hydroxyl groups is 3. The maximum Gasteiger partial charge on any atom is 0.120 e. The van der Waals surface area contributed by atoms with Crippen LogP contribution in [-0.2, 0) is 19.6 Å². The van der Waals surface area contributed by atoms with Crippen molar-refractivity contribution >= 4 is 12.4 Å². The van der Waals surface area contributed by atoms with E-state index in [-0.39, 0.29) is 12.4 Å². The lowest BCUT2D eigenvalue weighted by Crippen LogP contribution is -2.10. The van der Waals surface area contributed by atoms with Gasteiger partial charge in [-0.15, -0.1) is 12.4 Å². The number of para-hydroxylation sites is 3. The first-order valence-electron chi connectivity index (χ1n) is 10.8. The molecule has 6 nitrogen and oxygen atoms in total. The zero-order valence-electron chi connectivity index (χ0n) is 21.1. The van der Waals surface area contributed by atoms with Crippen LogP contribution < -0.4 is 0 Å². The molecule has 0 radical (unpaired) electrons. The molecule has 188 valence electrons. The molecule has 34 heavy (non-hydrogen) atoms. The van der Waals surface area contributed by atoms with E-state index in [2.05, 4.69) is 0 Å².